The van der Waals surface area contributed by atoms with Gasteiger partial charge >= 0.3 is 0 Å². The molecule has 0 radical (unpaired) electrons. The van der Waals surface area contributed by atoms with Crippen molar-refractivity contribution in [3.8, 4) is 0 Å². The number of piperidine rings is 1. The van der Waals surface area contributed by atoms with Crippen LogP contribution in [-0.2, 0) is 4.74 Å². The number of hydrogen-bond acceptors (Lipinski definition) is 3. The Hall–Kier alpha value is -0.120. The van der Waals surface area contributed by atoms with E-state index in [2.05, 4.69) is 5.32 Å². The second-order valence-corrected chi connectivity index (χ2v) is 3.82. The maximum Gasteiger partial charge on any atom is 0.0744 e. The van der Waals surface area contributed by atoms with E-state index in [1.165, 1.54) is 0 Å². The maximum absolute atomic E-state index is 10.0. The van der Waals surface area contributed by atoms with E-state index in [-0.39, 0.29) is 11.8 Å². The molecule has 0 aromatic heterocycles. The highest BCUT2D eigenvalue weighted by Crippen LogP contribution is 2.33. The van der Waals surface area contributed by atoms with E-state index in [1.807, 2.05) is 6.92 Å². The first-order valence-electron chi connectivity index (χ1n) is 4.22. The van der Waals surface area contributed by atoms with Crippen LogP contribution < -0.4 is 5.32 Å². The number of nitrogens with one attached hydrogen (secondary N) is 1. The predicted octanol–water partition coefficient (Wildman–Crippen LogP) is -0.397. The van der Waals surface area contributed by atoms with Crippen molar-refractivity contribution >= 4 is 0 Å². The number of hydrogen-bond donors (Lipinski definition) is 2. The maximum atomic E-state index is 10.0. The van der Waals surface area contributed by atoms with Gasteiger partial charge in [0.2, 0.25) is 0 Å². The minimum Gasteiger partial charge on any atom is -0.389 e. The number of aliphatic hydroxyl groups is 1. The molecule has 0 aromatic carbocycles. The summed E-state index contributed by atoms with van der Waals surface area (Å²) in [4.78, 5) is 0. The Morgan fingerprint density at radius 1 is 1.36 bits per heavy atom. The lowest BCUT2D eigenvalue weighted by Crippen LogP contribution is -2.60. The fourth-order valence-electron chi connectivity index (χ4n) is 1.99. The van der Waals surface area contributed by atoms with Crippen LogP contribution >= 0.6 is 0 Å². The zero-order valence-electron chi connectivity index (χ0n) is 6.84. The highest BCUT2D eigenvalue weighted by Gasteiger charge is 2.45. The SMILES string of the molecule is CC1(O)C2CNCC1COC2. The third-order valence-corrected chi connectivity index (χ3v) is 3.07. The first-order valence-corrected chi connectivity index (χ1v) is 4.22. The average molecular weight is 157 g/mol. The minimum absolute atomic E-state index is 0.287. The van der Waals surface area contributed by atoms with Gasteiger partial charge in [0.05, 0.1) is 18.8 Å². The van der Waals surface area contributed by atoms with Gasteiger partial charge in [0.15, 0.2) is 0 Å². The molecule has 3 heteroatoms. The molecule has 2 rings (SSSR count). The summed E-state index contributed by atoms with van der Waals surface area (Å²) < 4.78 is 5.37. The first kappa shape index (κ1) is 7.53. The van der Waals surface area contributed by atoms with E-state index >= 15 is 0 Å². The molecular formula is C8H15NO2. The van der Waals surface area contributed by atoms with Crippen LogP contribution in [0.2, 0.25) is 0 Å². The van der Waals surface area contributed by atoms with Gasteiger partial charge in [-0.3, -0.25) is 0 Å². The Morgan fingerprint density at radius 2 is 1.91 bits per heavy atom. The van der Waals surface area contributed by atoms with Gasteiger partial charge in [-0.2, -0.15) is 0 Å². The lowest BCUT2D eigenvalue weighted by Gasteiger charge is -2.47. The molecule has 11 heavy (non-hydrogen) atoms. The Labute approximate surface area is 66.7 Å². The zero-order valence-corrected chi connectivity index (χ0v) is 6.84. The summed E-state index contributed by atoms with van der Waals surface area (Å²) in [6, 6.07) is 0. The van der Waals surface area contributed by atoms with Gasteiger partial charge in [0.1, 0.15) is 0 Å². The molecule has 0 aromatic rings. The summed E-state index contributed by atoms with van der Waals surface area (Å²) in [5, 5.41) is 13.3. The standard InChI is InChI=1S/C8H15NO2/c1-8(10)6-2-9-3-7(8)5-11-4-6/h6-7,9-10H,2-5H2,1H3. The minimum atomic E-state index is -0.497. The third kappa shape index (κ3) is 1.08. The van der Waals surface area contributed by atoms with E-state index in [1.54, 1.807) is 0 Å². The average Bonchev–Trinajstić information content (AvgIpc) is 1.82. The molecular weight excluding hydrogens is 142 g/mol. The molecule has 2 bridgehead atoms. The molecule has 64 valence electrons. The van der Waals surface area contributed by atoms with Gasteiger partial charge in [-0.25, -0.2) is 0 Å². The van der Waals surface area contributed by atoms with Gasteiger partial charge in [0, 0.05) is 24.9 Å². The van der Waals surface area contributed by atoms with Crippen LogP contribution in [0.3, 0.4) is 0 Å². The zero-order chi connectivity index (χ0) is 7.90. The Kier molecular flexibility index (Phi) is 1.67. The molecule has 3 nitrogen and oxygen atoms in total. The van der Waals surface area contributed by atoms with Crippen LogP contribution in [0.25, 0.3) is 0 Å². The summed E-state index contributed by atoms with van der Waals surface area (Å²) in [6.07, 6.45) is 0. The van der Waals surface area contributed by atoms with Crippen LogP contribution in [0, 0.1) is 11.8 Å². The van der Waals surface area contributed by atoms with Crippen molar-refractivity contribution in [2.24, 2.45) is 11.8 Å². The second kappa shape index (κ2) is 2.44. The van der Waals surface area contributed by atoms with Crippen LogP contribution in [0.1, 0.15) is 6.92 Å². The van der Waals surface area contributed by atoms with Gasteiger partial charge in [-0.1, -0.05) is 0 Å². The van der Waals surface area contributed by atoms with Crippen LogP contribution in [0.5, 0.6) is 0 Å². The summed E-state index contributed by atoms with van der Waals surface area (Å²) in [7, 11) is 0. The molecule has 2 aliphatic heterocycles. The largest absolute Gasteiger partial charge is 0.389 e. The van der Waals surface area contributed by atoms with Gasteiger partial charge in [-0.15, -0.1) is 0 Å². The van der Waals surface area contributed by atoms with E-state index < -0.39 is 5.60 Å². The van der Waals surface area contributed by atoms with Gasteiger partial charge in [0.25, 0.3) is 0 Å². The smallest absolute Gasteiger partial charge is 0.0744 e. The van der Waals surface area contributed by atoms with Crippen molar-refractivity contribution in [2.75, 3.05) is 26.3 Å². The molecule has 0 aliphatic carbocycles. The van der Waals surface area contributed by atoms with Crippen LogP contribution in [0.4, 0.5) is 0 Å². The fraction of sp³-hybridized carbons (Fsp3) is 1.00. The number of ether oxygens (including phenoxy) is 1. The fourth-order valence-corrected chi connectivity index (χ4v) is 1.99. The Morgan fingerprint density at radius 3 is 2.36 bits per heavy atom. The van der Waals surface area contributed by atoms with Crippen molar-refractivity contribution in [2.45, 2.75) is 12.5 Å². The van der Waals surface area contributed by atoms with Crippen LogP contribution in [0.15, 0.2) is 0 Å². The molecule has 2 aliphatic rings. The van der Waals surface area contributed by atoms with Crippen molar-refractivity contribution < 1.29 is 9.84 Å². The van der Waals surface area contributed by atoms with Crippen molar-refractivity contribution in [3.63, 3.8) is 0 Å². The lowest BCUT2D eigenvalue weighted by atomic mass is 9.74. The summed E-state index contributed by atoms with van der Waals surface area (Å²) in [6.45, 7) is 5.13. The van der Waals surface area contributed by atoms with Crippen molar-refractivity contribution in [1.29, 1.82) is 0 Å². The first-order chi connectivity index (χ1) is 5.21. The van der Waals surface area contributed by atoms with E-state index in [0.29, 0.717) is 13.2 Å². The number of rotatable bonds is 0. The second-order valence-electron chi connectivity index (χ2n) is 3.82. The molecule has 2 N–H and O–H groups in total. The van der Waals surface area contributed by atoms with Crippen LogP contribution in [-0.4, -0.2) is 37.0 Å². The van der Waals surface area contributed by atoms with E-state index in [9.17, 15) is 5.11 Å². The Bertz CT molecular complexity index is 134. The molecule has 0 saturated carbocycles. The molecule has 2 atom stereocenters. The summed E-state index contributed by atoms with van der Waals surface area (Å²) in [5.41, 5.74) is -0.497. The molecule has 2 heterocycles. The summed E-state index contributed by atoms with van der Waals surface area (Å²) >= 11 is 0. The predicted molar refractivity (Wildman–Crippen MR) is 41.3 cm³/mol. The van der Waals surface area contributed by atoms with Gasteiger partial charge in [-0.05, 0) is 6.92 Å². The quantitative estimate of drug-likeness (QED) is 0.503. The molecule has 0 amide bonds. The highest BCUT2D eigenvalue weighted by molar-refractivity contribution is 4.97. The Balaban J connectivity index is 2.17. The normalized spacial score (nSPS) is 50.7. The topological polar surface area (TPSA) is 41.5 Å². The highest BCUT2D eigenvalue weighted by atomic mass is 16.5. The molecule has 2 fully saturated rings. The third-order valence-electron chi connectivity index (χ3n) is 3.07. The van der Waals surface area contributed by atoms with E-state index in [0.717, 1.165) is 13.1 Å². The number of fused-ring (bicyclic) bond motifs is 2. The van der Waals surface area contributed by atoms with Gasteiger partial charge < -0.3 is 15.2 Å². The monoisotopic (exact) mass is 157 g/mol. The van der Waals surface area contributed by atoms with Crippen molar-refractivity contribution in [1.82, 2.24) is 5.32 Å². The molecule has 2 unspecified atom stereocenters. The molecule has 2 saturated heterocycles. The molecule has 0 spiro atoms. The summed E-state index contributed by atoms with van der Waals surface area (Å²) in [5.74, 6) is 0.574. The van der Waals surface area contributed by atoms with E-state index in [4.69, 9.17) is 4.74 Å². The lowest BCUT2D eigenvalue weighted by molar-refractivity contribution is -0.157. The van der Waals surface area contributed by atoms with Crippen molar-refractivity contribution in [3.05, 3.63) is 0 Å².